The molecule has 0 amide bonds. The first-order chi connectivity index (χ1) is 12.2. The highest BCUT2D eigenvalue weighted by Gasteiger charge is 2.13. The first kappa shape index (κ1) is 16.5. The lowest BCUT2D eigenvalue weighted by Crippen LogP contribution is -2.03. The van der Waals surface area contributed by atoms with Gasteiger partial charge in [-0.1, -0.05) is 6.07 Å². The molecule has 0 aromatic carbocycles. The number of pyridine rings is 2. The topological polar surface area (TPSA) is 98.2 Å². The van der Waals surface area contributed by atoms with E-state index in [1.54, 1.807) is 15.3 Å². The summed E-state index contributed by atoms with van der Waals surface area (Å²) in [5, 5.41) is 15.5. The molecule has 0 aliphatic carbocycles. The van der Waals surface area contributed by atoms with Crippen molar-refractivity contribution in [2.45, 2.75) is 6.92 Å². The van der Waals surface area contributed by atoms with Crippen molar-refractivity contribution in [2.24, 2.45) is 0 Å². The Kier molecular flexibility index (Phi) is 4.62. The van der Waals surface area contributed by atoms with E-state index in [0.717, 1.165) is 36.0 Å². The summed E-state index contributed by atoms with van der Waals surface area (Å²) in [4.78, 5) is 19.8. The Labute approximate surface area is 143 Å². The van der Waals surface area contributed by atoms with Gasteiger partial charge in [0.1, 0.15) is 12.0 Å². The molecule has 1 N–H and O–H groups in total. The van der Waals surface area contributed by atoms with E-state index in [9.17, 15) is 4.79 Å². The van der Waals surface area contributed by atoms with Crippen LogP contribution in [0.2, 0.25) is 0 Å². The van der Waals surface area contributed by atoms with Crippen LogP contribution >= 0.6 is 0 Å². The van der Waals surface area contributed by atoms with Crippen molar-refractivity contribution < 1.29 is 9.90 Å². The van der Waals surface area contributed by atoms with E-state index in [-0.39, 0.29) is 0 Å². The Hall–Kier alpha value is -3.39. The van der Waals surface area contributed by atoms with Gasteiger partial charge in [0.2, 0.25) is 0 Å². The van der Waals surface area contributed by atoms with E-state index in [2.05, 4.69) is 20.2 Å². The zero-order valence-corrected chi connectivity index (χ0v) is 13.7. The highest BCUT2D eigenvalue weighted by molar-refractivity contribution is 5.76. The number of carbonyl (C=O) groups excluding carboxylic acids is 1. The fraction of sp³-hybridized carbons (Fsp3) is 0.118. The minimum atomic E-state index is 0.349. The molecule has 4 heterocycles. The maximum Gasteiger partial charge on any atom is 0.170 e. The van der Waals surface area contributed by atoms with E-state index < -0.39 is 0 Å². The SMILES string of the molecule is CO.Cc1cccc(-n2nc(C=O)cc2-c2ccc3ncnn3c2)n1. The second-order valence-corrected chi connectivity index (χ2v) is 5.10. The lowest BCUT2D eigenvalue weighted by Gasteiger charge is -2.07. The van der Waals surface area contributed by atoms with E-state index in [1.165, 1.54) is 6.33 Å². The van der Waals surface area contributed by atoms with E-state index in [1.807, 2.05) is 43.5 Å². The third-order valence-corrected chi connectivity index (χ3v) is 3.51. The number of nitrogens with zero attached hydrogens (tertiary/aromatic N) is 6. The average molecular weight is 336 g/mol. The Morgan fingerprint density at radius 2 is 2.00 bits per heavy atom. The third kappa shape index (κ3) is 3.15. The summed E-state index contributed by atoms with van der Waals surface area (Å²) in [7, 11) is 1.00. The Morgan fingerprint density at radius 3 is 2.76 bits per heavy atom. The smallest absolute Gasteiger partial charge is 0.170 e. The molecule has 0 aliphatic heterocycles. The summed E-state index contributed by atoms with van der Waals surface area (Å²) in [6.45, 7) is 1.91. The van der Waals surface area contributed by atoms with Crippen molar-refractivity contribution >= 4 is 11.9 Å². The quantitative estimate of drug-likeness (QED) is 0.572. The Balaban J connectivity index is 0.000000880. The van der Waals surface area contributed by atoms with Crippen LogP contribution < -0.4 is 0 Å². The van der Waals surface area contributed by atoms with Gasteiger partial charge in [-0.05, 0) is 37.3 Å². The van der Waals surface area contributed by atoms with Crippen LogP contribution in [-0.2, 0) is 0 Å². The van der Waals surface area contributed by atoms with Gasteiger partial charge in [-0.25, -0.2) is 19.2 Å². The summed E-state index contributed by atoms with van der Waals surface area (Å²) in [5.74, 6) is 0.659. The van der Waals surface area contributed by atoms with Crippen molar-refractivity contribution in [3.05, 3.63) is 60.3 Å². The Morgan fingerprint density at radius 1 is 1.16 bits per heavy atom. The van der Waals surface area contributed by atoms with Crippen LogP contribution in [0, 0.1) is 6.92 Å². The molecule has 0 aliphatic rings. The second-order valence-electron chi connectivity index (χ2n) is 5.10. The van der Waals surface area contributed by atoms with Crippen LogP contribution in [0.15, 0.2) is 48.9 Å². The minimum Gasteiger partial charge on any atom is -0.400 e. The fourth-order valence-electron chi connectivity index (χ4n) is 2.45. The van der Waals surface area contributed by atoms with Gasteiger partial charge in [0.25, 0.3) is 0 Å². The van der Waals surface area contributed by atoms with Gasteiger partial charge in [0.05, 0.1) is 5.69 Å². The molecule has 126 valence electrons. The van der Waals surface area contributed by atoms with Gasteiger partial charge >= 0.3 is 0 Å². The number of aldehydes is 1. The molecule has 0 spiro atoms. The highest BCUT2D eigenvalue weighted by Crippen LogP contribution is 2.23. The molecule has 0 saturated heterocycles. The minimum absolute atomic E-state index is 0.349. The number of fused-ring (bicyclic) bond motifs is 1. The fourth-order valence-corrected chi connectivity index (χ4v) is 2.45. The number of hydrogen-bond acceptors (Lipinski definition) is 6. The van der Waals surface area contributed by atoms with Gasteiger partial charge in [0, 0.05) is 24.6 Å². The van der Waals surface area contributed by atoms with Gasteiger partial charge in [0.15, 0.2) is 17.8 Å². The molecule has 4 aromatic rings. The molecular weight excluding hydrogens is 320 g/mol. The molecule has 25 heavy (non-hydrogen) atoms. The summed E-state index contributed by atoms with van der Waals surface area (Å²) in [6.07, 6.45) is 4.07. The van der Waals surface area contributed by atoms with Crippen molar-refractivity contribution in [2.75, 3.05) is 7.11 Å². The third-order valence-electron chi connectivity index (χ3n) is 3.51. The molecule has 4 rings (SSSR count). The molecule has 8 heteroatoms. The number of aryl methyl sites for hydroxylation is 1. The molecule has 4 aromatic heterocycles. The summed E-state index contributed by atoms with van der Waals surface area (Å²) in [6, 6.07) is 11.2. The van der Waals surface area contributed by atoms with Crippen molar-refractivity contribution in [1.82, 2.24) is 29.4 Å². The van der Waals surface area contributed by atoms with Gasteiger partial charge < -0.3 is 5.11 Å². The average Bonchev–Trinajstić information content (AvgIpc) is 3.29. The molecule has 0 radical (unpaired) electrons. The van der Waals surface area contributed by atoms with Crippen molar-refractivity contribution in [3.63, 3.8) is 0 Å². The predicted molar refractivity (Wildman–Crippen MR) is 91.6 cm³/mol. The lowest BCUT2D eigenvalue weighted by molar-refractivity contribution is 0.111. The standard InChI is InChI=1S/C16H12N6O.CH4O/c1-11-3-2-4-16(19-11)22-14(7-13(9-23)20-22)12-5-6-15-17-10-18-21(15)8-12;1-2/h2-10H,1H3;2H,1H3. The van der Waals surface area contributed by atoms with Gasteiger partial charge in [-0.15, -0.1) is 0 Å². The van der Waals surface area contributed by atoms with Crippen molar-refractivity contribution in [3.8, 4) is 17.1 Å². The maximum absolute atomic E-state index is 11.1. The first-order valence-corrected chi connectivity index (χ1v) is 7.48. The largest absolute Gasteiger partial charge is 0.400 e. The number of hydrogen-bond donors (Lipinski definition) is 1. The Bertz CT molecular complexity index is 1020. The van der Waals surface area contributed by atoms with E-state index in [0.29, 0.717) is 11.5 Å². The summed E-state index contributed by atoms with van der Waals surface area (Å²) >= 11 is 0. The van der Waals surface area contributed by atoms with Gasteiger partial charge in [-0.3, -0.25) is 4.79 Å². The molecule has 8 nitrogen and oxygen atoms in total. The molecule has 0 fully saturated rings. The monoisotopic (exact) mass is 336 g/mol. The van der Waals surface area contributed by atoms with Gasteiger partial charge in [-0.2, -0.15) is 10.2 Å². The van der Waals surface area contributed by atoms with Crippen LogP contribution in [0.5, 0.6) is 0 Å². The molecule has 0 unspecified atom stereocenters. The predicted octanol–water partition coefficient (Wildman–Crippen LogP) is 1.71. The van der Waals surface area contributed by atoms with Crippen molar-refractivity contribution in [1.29, 1.82) is 0 Å². The van der Waals surface area contributed by atoms with E-state index in [4.69, 9.17) is 5.11 Å². The second kappa shape index (κ2) is 7.02. The molecule has 0 bridgehead atoms. The molecule has 0 atom stereocenters. The van der Waals surface area contributed by atoms with Crippen LogP contribution in [-0.4, -0.2) is 47.9 Å². The molecular formula is C17H16N6O2. The normalized spacial score (nSPS) is 10.4. The summed E-state index contributed by atoms with van der Waals surface area (Å²) < 4.78 is 3.34. The number of aliphatic hydroxyl groups is 1. The highest BCUT2D eigenvalue weighted by atomic mass is 16.2. The summed E-state index contributed by atoms with van der Waals surface area (Å²) in [5.41, 5.74) is 3.61. The van der Waals surface area contributed by atoms with Crippen LogP contribution in [0.3, 0.4) is 0 Å². The zero-order valence-electron chi connectivity index (χ0n) is 13.7. The lowest BCUT2D eigenvalue weighted by atomic mass is 10.2. The van der Waals surface area contributed by atoms with E-state index >= 15 is 0 Å². The zero-order chi connectivity index (χ0) is 17.8. The number of rotatable bonds is 3. The van der Waals surface area contributed by atoms with Crippen LogP contribution in [0.4, 0.5) is 0 Å². The van der Waals surface area contributed by atoms with Crippen LogP contribution in [0.1, 0.15) is 16.2 Å². The number of aromatic nitrogens is 6. The molecule has 0 saturated carbocycles. The first-order valence-electron chi connectivity index (χ1n) is 7.48. The number of carbonyl (C=O) groups is 1. The maximum atomic E-state index is 11.1. The van der Waals surface area contributed by atoms with Crippen LogP contribution in [0.25, 0.3) is 22.7 Å². The number of aliphatic hydroxyl groups excluding tert-OH is 1.